The standard InChI is InChI=1S/C19H20N2O6S/c22-17(21-9-14-10-25-15-3-1-2-4-16(15)27-14)11-26-18(23)5-7-20-19(24)13-6-8-28-12-13/h1-4,6,8,12,14H,5,7,9-11H2,(H,20,24)(H,21,22). The maximum absolute atomic E-state index is 11.8. The van der Waals surface area contributed by atoms with Gasteiger partial charge in [0.2, 0.25) is 0 Å². The molecule has 2 N–H and O–H groups in total. The SMILES string of the molecule is O=C(COC(=O)CCNC(=O)c1ccsc1)NCC1COc2ccccc2O1. The van der Waals surface area contributed by atoms with Gasteiger partial charge in [-0.25, -0.2) is 0 Å². The highest BCUT2D eigenvalue weighted by molar-refractivity contribution is 7.08. The van der Waals surface area contributed by atoms with E-state index in [2.05, 4.69) is 10.6 Å². The van der Waals surface area contributed by atoms with Gasteiger partial charge >= 0.3 is 5.97 Å². The number of thiophene rings is 1. The molecular formula is C19H20N2O6S. The summed E-state index contributed by atoms with van der Waals surface area (Å²) >= 11 is 1.42. The number of hydrogen-bond donors (Lipinski definition) is 2. The van der Waals surface area contributed by atoms with E-state index < -0.39 is 11.9 Å². The summed E-state index contributed by atoms with van der Waals surface area (Å²) in [5, 5.41) is 8.77. The third-order valence-corrected chi connectivity index (χ3v) is 4.54. The first-order valence-electron chi connectivity index (χ1n) is 8.73. The van der Waals surface area contributed by atoms with Crippen LogP contribution in [0.3, 0.4) is 0 Å². The Bertz CT molecular complexity index is 824. The van der Waals surface area contributed by atoms with Crippen molar-refractivity contribution in [2.24, 2.45) is 0 Å². The average Bonchev–Trinajstić information content (AvgIpc) is 3.25. The molecule has 9 heteroatoms. The Morgan fingerprint density at radius 1 is 1.14 bits per heavy atom. The van der Waals surface area contributed by atoms with E-state index in [4.69, 9.17) is 14.2 Å². The molecule has 2 aromatic rings. The number of fused-ring (bicyclic) bond motifs is 1. The Balaban J connectivity index is 1.28. The van der Waals surface area contributed by atoms with Crippen LogP contribution in [0.4, 0.5) is 0 Å². The number of carbonyl (C=O) groups excluding carboxylic acids is 3. The fourth-order valence-corrected chi connectivity index (χ4v) is 3.07. The largest absolute Gasteiger partial charge is 0.486 e. The number of nitrogens with one attached hydrogen (secondary N) is 2. The predicted octanol–water partition coefficient (Wildman–Crippen LogP) is 1.37. The third-order valence-electron chi connectivity index (χ3n) is 3.86. The van der Waals surface area contributed by atoms with Crippen LogP contribution in [0.15, 0.2) is 41.1 Å². The summed E-state index contributed by atoms with van der Waals surface area (Å²) in [6, 6.07) is 8.99. The van der Waals surface area contributed by atoms with Gasteiger partial charge < -0.3 is 24.8 Å². The van der Waals surface area contributed by atoms with E-state index in [1.807, 2.05) is 18.2 Å². The molecule has 2 heterocycles. The Hall–Kier alpha value is -3.07. The van der Waals surface area contributed by atoms with Crippen molar-refractivity contribution in [3.8, 4) is 11.5 Å². The van der Waals surface area contributed by atoms with Crippen LogP contribution in [0.1, 0.15) is 16.8 Å². The molecule has 2 amide bonds. The normalized spacial score (nSPS) is 14.8. The quantitative estimate of drug-likeness (QED) is 0.644. The van der Waals surface area contributed by atoms with Gasteiger partial charge in [-0.05, 0) is 23.6 Å². The topological polar surface area (TPSA) is 103 Å². The number of esters is 1. The first kappa shape index (κ1) is 19.7. The van der Waals surface area contributed by atoms with Crippen LogP contribution in [0, 0.1) is 0 Å². The van der Waals surface area contributed by atoms with Gasteiger partial charge in [-0.15, -0.1) is 0 Å². The lowest BCUT2D eigenvalue weighted by atomic mass is 10.2. The molecule has 0 saturated heterocycles. The second kappa shape index (κ2) is 9.75. The molecule has 0 bridgehead atoms. The van der Waals surface area contributed by atoms with Crippen molar-refractivity contribution < 1.29 is 28.6 Å². The van der Waals surface area contributed by atoms with Crippen molar-refractivity contribution in [3.05, 3.63) is 46.7 Å². The summed E-state index contributed by atoms with van der Waals surface area (Å²) < 4.78 is 16.2. The highest BCUT2D eigenvalue weighted by Crippen LogP contribution is 2.30. The van der Waals surface area contributed by atoms with Gasteiger partial charge in [-0.1, -0.05) is 12.1 Å². The molecule has 1 unspecified atom stereocenters. The Morgan fingerprint density at radius 3 is 2.75 bits per heavy atom. The van der Waals surface area contributed by atoms with Crippen LogP contribution in [0.25, 0.3) is 0 Å². The Labute approximate surface area is 165 Å². The summed E-state index contributed by atoms with van der Waals surface area (Å²) in [7, 11) is 0. The molecule has 0 saturated carbocycles. The molecule has 1 aromatic heterocycles. The number of ether oxygens (including phenoxy) is 3. The Morgan fingerprint density at radius 2 is 1.96 bits per heavy atom. The zero-order valence-electron chi connectivity index (χ0n) is 15.0. The fraction of sp³-hybridized carbons (Fsp3) is 0.316. The highest BCUT2D eigenvalue weighted by atomic mass is 32.1. The molecule has 8 nitrogen and oxygen atoms in total. The average molecular weight is 404 g/mol. The minimum atomic E-state index is -0.563. The molecule has 1 aromatic carbocycles. The number of rotatable bonds is 8. The van der Waals surface area contributed by atoms with Crippen LogP contribution in [0.2, 0.25) is 0 Å². The maximum atomic E-state index is 11.8. The summed E-state index contributed by atoms with van der Waals surface area (Å²) in [5.41, 5.74) is 0.550. The first-order valence-corrected chi connectivity index (χ1v) is 9.67. The van der Waals surface area contributed by atoms with Gasteiger partial charge in [0, 0.05) is 17.5 Å². The predicted molar refractivity (Wildman–Crippen MR) is 102 cm³/mol. The van der Waals surface area contributed by atoms with Gasteiger partial charge in [0.1, 0.15) is 12.7 Å². The number of hydrogen-bond acceptors (Lipinski definition) is 7. The Kier molecular flexibility index (Phi) is 6.85. The van der Waals surface area contributed by atoms with Crippen molar-refractivity contribution in [2.75, 3.05) is 26.3 Å². The molecule has 1 aliphatic heterocycles. The van der Waals surface area contributed by atoms with Crippen molar-refractivity contribution in [1.82, 2.24) is 10.6 Å². The summed E-state index contributed by atoms with van der Waals surface area (Å²) in [4.78, 5) is 35.2. The van der Waals surface area contributed by atoms with Gasteiger partial charge in [-0.2, -0.15) is 11.3 Å². The van der Waals surface area contributed by atoms with E-state index in [0.717, 1.165) is 0 Å². The number of carbonyl (C=O) groups is 3. The fourth-order valence-electron chi connectivity index (χ4n) is 2.43. The number of benzene rings is 1. The van der Waals surface area contributed by atoms with E-state index in [-0.39, 0.29) is 38.1 Å². The van der Waals surface area contributed by atoms with Crippen LogP contribution in [0.5, 0.6) is 11.5 Å². The zero-order valence-corrected chi connectivity index (χ0v) is 15.8. The molecule has 0 radical (unpaired) electrons. The van der Waals surface area contributed by atoms with Crippen molar-refractivity contribution in [2.45, 2.75) is 12.5 Å². The lowest BCUT2D eigenvalue weighted by molar-refractivity contribution is -0.148. The summed E-state index contributed by atoms with van der Waals surface area (Å²) in [6.45, 7) is 0.311. The molecule has 1 aliphatic rings. The molecule has 28 heavy (non-hydrogen) atoms. The van der Waals surface area contributed by atoms with Gasteiger partial charge in [-0.3, -0.25) is 14.4 Å². The second-order valence-corrected chi connectivity index (χ2v) is 6.76. The maximum Gasteiger partial charge on any atom is 0.308 e. The van der Waals surface area contributed by atoms with Crippen molar-refractivity contribution in [3.63, 3.8) is 0 Å². The zero-order chi connectivity index (χ0) is 19.8. The van der Waals surface area contributed by atoms with Gasteiger partial charge in [0.25, 0.3) is 11.8 Å². The molecule has 0 spiro atoms. The van der Waals surface area contributed by atoms with E-state index in [1.54, 1.807) is 22.9 Å². The summed E-state index contributed by atoms with van der Waals surface area (Å²) in [6.07, 6.45) is -0.332. The van der Waals surface area contributed by atoms with Gasteiger partial charge in [0.15, 0.2) is 18.1 Å². The lowest BCUT2D eigenvalue weighted by Crippen LogP contribution is -2.42. The molecule has 1 atom stereocenters. The van der Waals surface area contributed by atoms with Gasteiger partial charge in [0.05, 0.1) is 13.0 Å². The third kappa shape index (κ3) is 5.71. The van der Waals surface area contributed by atoms with Crippen LogP contribution < -0.4 is 20.1 Å². The molecule has 0 fully saturated rings. The van der Waals surface area contributed by atoms with E-state index in [9.17, 15) is 14.4 Å². The first-order chi connectivity index (χ1) is 13.6. The smallest absolute Gasteiger partial charge is 0.308 e. The highest BCUT2D eigenvalue weighted by Gasteiger charge is 2.21. The minimum absolute atomic E-state index is 0.0144. The van der Waals surface area contributed by atoms with Crippen LogP contribution in [-0.4, -0.2) is 50.2 Å². The van der Waals surface area contributed by atoms with Crippen LogP contribution in [-0.2, 0) is 14.3 Å². The lowest BCUT2D eigenvalue weighted by Gasteiger charge is -2.26. The monoisotopic (exact) mass is 404 g/mol. The van der Waals surface area contributed by atoms with Crippen molar-refractivity contribution in [1.29, 1.82) is 0 Å². The molecule has 148 valence electrons. The van der Waals surface area contributed by atoms with Crippen LogP contribution >= 0.6 is 11.3 Å². The molecule has 0 aliphatic carbocycles. The number of amides is 2. The minimum Gasteiger partial charge on any atom is -0.486 e. The van der Waals surface area contributed by atoms with E-state index in [1.165, 1.54) is 11.3 Å². The van der Waals surface area contributed by atoms with E-state index in [0.29, 0.717) is 23.7 Å². The second-order valence-electron chi connectivity index (χ2n) is 5.98. The molecule has 3 rings (SSSR count). The molecular weight excluding hydrogens is 384 g/mol. The van der Waals surface area contributed by atoms with E-state index >= 15 is 0 Å². The van der Waals surface area contributed by atoms with Crippen molar-refractivity contribution >= 4 is 29.1 Å². The summed E-state index contributed by atoms with van der Waals surface area (Å²) in [5.74, 6) is 0.0575. The number of para-hydroxylation sites is 2.